The van der Waals surface area contributed by atoms with Crippen LogP contribution < -0.4 is 5.32 Å². The van der Waals surface area contributed by atoms with Crippen LogP contribution in [0.5, 0.6) is 0 Å². The molecular formula is C15H31N3O. The first kappa shape index (κ1) is 15.2. The second kappa shape index (κ2) is 6.53. The summed E-state index contributed by atoms with van der Waals surface area (Å²) in [6, 6.07) is 0.606. The Morgan fingerprint density at radius 1 is 1.16 bits per heavy atom. The van der Waals surface area contributed by atoms with Crippen LogP contribution in [0.25, 0.3) is 0 Å². The Bertz CT molecular complexity index is 269. The van der Waals surface area contributed by atoms with Gasteiger partial charge >= 0.3 is 0 Å². The third-order valence-corrected chi connectivity index (χ3v) is 4.92. The van der Waals surface area contributed by atoms with Gasteiger partial charge < -0.3 is 15.0 Å². The number of ether oxygens (including phenoxy) is 1. The van der Waals surface area contributed by atoms with Crippen molar-refractivity contribution in [2.45, 2.75) is 38.3 Å². The molecule has 0 saturated carbocycles. The predicted molar refractivity (Wildman–Crippen MR) is 79.5 cm³/mol. The van der Waals surface area contributed by atoms with E-state index in [9.17, 15) is 0 Å². The molecule has 0 bridgehead atoms. The second-order valence-corrected chi connectivity index (χ2v) is 6.75. The zero-order valence-corrected chi connectivity index (χ0v) is 13.1. The summed E-state index contributed by atoms with van der Waals surface area (Å²) < 4.78 is 5.55. The minimum absolute atomic E-state index is 0.230. The van der Waals surface area contributed by atoms with Gasteiger partial charge in [-0.2, -0.15) is 0 Å². The van der Waals surface area contributed by atoms with E-state index in [-0.39, 0.29) is 5.54 Å². The summed E-state index contributed by atoms with van der Waals surface area (Å²) in [6.45, 7) is 11.3. The highest BCUT2D eigenvalue weighted by atomic mass is 16.5. The summed E-state index contributed by atoms with van der Waals surface area (Å²) in [5, 5.41) is 3.46. The minimum atomic E-state index is 0.230. The lowest BCUT2D eigenvalue weighted by Crippen LogP contribution is -2.64. The first-order valence-corrected chi connectivity index (χ1v) is 7.73. The van der Waals surface area contributed by atoms with Gasteiger partial charge in [0, 0.05) is 51.0 Å². The van der Waals surface area contributed by atoms with Crippen molar-refractivity contribution in [2.75, 3.05) is 53.5 Å². The lowest BCUT2D eigenvalue weighted by molar-refractivity contribution is -0.0322. The third kappa shape index (κ3) is 3.48. The van der Waals surface area contributed by atoms with Crippen molar-refractivity contribution < 1.29 is 4.74 Å². The molecule has 1 atom stereocenters. The summed E-state index contributed by atoms with van der Waals surface area (Å²) in [6.07, 6.45) is 2.41. The monoisotopic (exact) mass is 269 g/mol. The number of rotatable bonds is 4. The molecule has 4 nitrogen and oxygen atoms in total. The van der Waals surface area contributed by atoms with Crippen molar-refractivity contribution in [3.63, 3.8) is 0 Å². The molecule has 2 rings (SSSR count). The molecule has 2 aliphatic heterocycles. The van der Waals surface area contributed by atoms with Gasteiger partial charge in [-0.1, -0.05) is 0 Å². The highest BCUT2D eigenvalue weighted by molar-refractivity contribution is 4.98. The fourth-order valence-corrected chi connectivity index (χ4v) is 4.09. The molecule has 2 heterocycles. The Balaban J connectivity index is 2.11. The second-order valence-electron chi connectivity index (χ2n) is 6.75. The van der Waals surface area contributed by atoms with E-state index >= 15 is 0 Å². The lowest BCUT2D eigenvalue weighted by atomic mass is 9.78. The predicted octanol–water partition coefficient (Wildman–Crippen LogP) is 1.03. The molecule has 0 aromatic rings. The van der Waals surface area contributed by atoms with E-state index in [0.29, 0.717) is 6.04 Å². The molecule has 0 aromatic carbocycles. The number of likely N-dealkylation sites (N-methyl/N-ethyl adjacent to an activating group) is 1. The lowest BCUT2D eigenvalue weighted by Gasteiger charge is -2.51. The van der Waals surface area contributed by atoms with Gasteiger partial charge in [0.25, 0.3) is 0 Å². The van der Waals surface area contributed by atoms with E-state index in [1.54, 1.807) is 0 Å². The first-order valence-electron chi connectivity index (χ1n) is 7.73. The summed E-state index contributed by atoms with van der Waals surface area (Å²) in [7, 11) is 4.48. The van der Waals surface area contributed by atoms with Crippen LogP contribution in [0.1, 0.15) is 26.7 Å². The quantitative estimate of drug-likeness (QED) is 0.825. The summed E-state index contributed by atoms with van der Waals surface area (Å²) in [4.78, 5) is 5.11. The van der Waals surface area contributed by atoms with Crippen molar-refractivity contribution in [1.82, 2.24) is 15.1 Å². The number of nitrogens with zero attached hydrogens (tertiary/aromatic N) is 2. The van der Waals surface area contributed by atoms with Gasteiger partial charge in [0.1, 0.15) is 0 Å². The number of hydrogen-bond acceptors (Lipinski definition) is 4. The fraction of sp³-hybridized carbons (Fsp3) is 1.00. The van der Waals surface area contributed by atoms with E-state index in [2.05, 4.69) is 43.1 Å². The Kier molecular flexibility index (Phi) is 5.23. The van der Waals surface area contributed by atoms with E-state index in [1.807, 2.05) is 0 Å². The van der Waals surface area contributed by atoms with Crippen LogP contribution in [0.4, 0.5) is 0 Å². The zero-order chi connectivity index (χ0) is 13.9. The Morgan fingerprint density at radius 2 is 1.74 bits per heavy atom. The van der Waals surface area contributed by atoms with Crippen molar-refractivity contribution in [1.29, 1.82) is 0 Å². The highest BCUT2D eigenvalue weighted by Gasteiger charge is 2.41. The van der Waals surface area contributed by atoms with Crippen molar-refractivity contribution in [3.8, 4) is 0 Å². The van der Waals surface area contributed by atoms with Crippen molar-refractivity contribution >= 4 is 0 Å². The standard InChI is InChI=1S/C15H31N3O/c1-15(2,18-9-7-16-8-10-18)14(17(3)4)13-5-11-19-12-6-13/h13-14,16H,5-12H2,1-4H3. The third-order valence-electron chi connectivity index (χ3n) is 4.92. The molecule has 0 amide bonds. The summed E-state index contributed by atoms with van der Waals surface area (Å²) in [5.74, 6) is 0.758. The molecule has 1 N–H and O–H groups in total. The maximum Gasteiger partial charge on any atom is 0.0469 e. The molecule has 1 unspecified atom stereocenters. The molecule has 0 spiro atoms. The fourth-order valence-electron chi connectivity index (χ4n) is 4.09. The van der Waals surface area contributed by atoms with Crippen LogP contribution in [-0.4, -0.2) is 74.9 Å². The molecule has 4 heteroatoms. The van der Waals surface area contributed by atoms with Gasteiger partial charge in [-0.05, 0) is 46.7 Å². The molecule has 2 fully saturated rings. The summed E-state index contributed by atoms with van der Waals surface area (Å²) in [5.41, 5.74) is 0.230. The minimum Gasteiger partial charge on any atom is -0.381 e. The Labute approximate surface area is 118 Å². The normalized spacial score (nSPS) is 25.7. The van der Waals surface area contributed by atoms with Crippen LogP contribution in [0.15, 0.2) is 0 Å². The van der Waals surface area contributed by atoms with Crippen LogP contribution in [0, 0.1) is 5.92 Å². The molecule has 0 radical (unpaired) electrons. The van der Waals surface area contributed by atoms with Crippen molar-refractivity contribution in [2.24, 2.45) is 5.92 Å². The maximum absolute atomic E-state index is 5.55. The molecule has 2 aliphatic rings. The highest BCUT2D eigenvalue weighted by Crippen LogP contribution is 2.33. The zero-order valence-electron chi connectivity index (χ0n) is 13.1. The van der Waals surface area contributed by atoms with Gasteiger partial charge in [0.15, 0.2) is 0 Å². The molecule has 0 aliphatic carbocycles. The van der Waals surface area contributed by atoms with Crippen LogP contribution >= 0.6 is 0 Å². The molecule has 2 saturated heterocycles. The van der Waals surface area contributed by atoms with Gasteiger partial charge in [0.05, 0.1) is 0 Å². The average molecular weight is 269 g/mol. The average Bonchev–Trinajstić information content (AvgIpc) is 2.40. The van der Waals surface area contributed by atoms with Crippen molar-refractivity contribution in [3.05, 3.63) is 0 Å². The topological polar surface area (TPSA) is 27.7 Å². The summed E-state index contributed by atoms with van der Waals surface area (Å²) >= 11 is 0. The van der Waals surface area contributed by atoms with E-state index in [0.717, 1.165) is 32.2 Å². The number of piperazine rings is 1. The van der Waals surface area contributed by atoms with Crippen LogP contribution in [-0.2, 0) is 4.74 Å². The first-order chi connectivity index (χ1) is 9.03. The number of hydrogen-bond donors (Lipinski definition) is 1. The number of nitrogens with one attached hydrogen (secondary N) is 1. The molecule has 19 heavy (non-hydrogen) atoms. The van der Waals surface area contributed by atoms with E-state index < -0.39 is 0 Å². The molecular weight excluding hydrogens is 238 g/mol. The van der Waals surface area contributed by atoms with Gasteiger partial charge in [-0.3, -0.25) is 4.90 Å². The van der Waals surface area contributed by atoms with Gasteiger partial charge in [-0.15, -0.1) is 0 Å². The van der Waals surface area contributed by atoms with Crippen LogP contribution in [0.3, 0.4) is 0 Å². The Morgan fingerprint density at radius 3 is 2.26 bits per heavy atom. The smallest absolute Gasteiger partial charge is 0.0469 e. The van der Waals surface area contributed by atoms with Crippen LogP contribution in [0.2, 0.25) is 0 Å². The van der Waals surface area contributed by atoms with Gasteiger partial charge in [-0.25, -0.2) is 0 Å². The molecule has 0 aromatic heterocycles. The Hall–Kier alpha value is -0.160. The van der Waals surface area contributed by atoms with E-state index in [1.165, 1.54) is 25.9 Å². The maximum atomic E-state index is 5.55. The largest absolute Gasteiger partial charge is 0.381 e. The SMILES string of the molecule is CN(C)C(C1CCOCC1)C(C)(C)N1CCNCC1. The molecule has 112 valence electrons. The van der Waals surface area contributed by atoms with Gasteiger partial charge in [0.2, 0.25) is 0 Å². The van der Waals surface area contributed by atoms with E-state index in [4.69, 9.17) is 4.74 Å².